The van der Waals surface area contributed by atoms with Crippen LogP contribution in [-0.4, -0.2) is 45.4 Å². The number of aliphatic carboxylic acids is 1. The lowest BCUT2D eigenvalue weighted by molar-refractivity contribution is -0.141. The highest BCUT2D eigenvalue weighted by atomic mass is 16.4. The van der Waals surface area contributed by atoms with Crippen molar-refractivity contribution in [3.05, 3.63) is 18.0 Å². The smallest absolute Gasteiger partial charge is 0.317 e. The van der Waals surface area contributed by atoms with E-state index in [2.05, 4.69) is 10.4 Å². The maximum absolute atomic E-state index is 11.9. The number of aromatic nitrogens is 2. The monoisotopic (exact) mass is 308 g/mol. The lowest BCUT2D eigenvalue weighted by Gasteiger charge is -2.19. The normalized spacial score (nSPS) is 16.5. The summed E-state index contributed by atoms with van der Waals surface area (Å²) in [5.74, 6) is -1.49. The Balaban J connectivity index is 1.79. The molecule has 1 aliphatic carbocycles. The van der Waals surface area contributed by atoms with Crippen LogP contribution in [0.2, 0.25) is 0 Å². The molecule has 1 aromatic heterocycles. The summed E-state index contributed by atoms with van der Waals surface area (Å²) < 4.78 is 1.99. The Hall–Kier alpha value is -2.05. The molecule has 22 heavy (non-hydrogen) atoms. The molecular formula is C15H24N4O3. The quantitative estimate of drug-likeness (QED) is 0.839. The van der Waals surface area contributed by atoms with Gasteiger partial charge in [-0.25, -0.2) is 4.79 Å². The van der Waals surface area contributed by atoms with Crippen LogP contribution < -0.4 is 5.32 Å². The van der Waals surface area contributed by atoms with E-state index in [0.29, 0.717) is 12.6 Å². The number of urea groups is 1. The van der Waals surface area contributed by atoms with Crippen LogP contribution in [0.5, 0.6) is 0 Å². The van der Waals surface area contributed by atoms with Crippen LogP contribution in [0.4, 0.5) is 4.79 Å². The second-order valence-corrected chi connectivity index (χ2v) is 6.00. The fraction of sp³-hybridized carbons (Fsp3) is 0.667. The molecule has 1 unspecified atom stereocenters. The van der Waals surface area contributed by atoms with E-state index in [0.717, 1.165) is 5.69 Å². The number of carboxylic acids is 1. The van der Waals surface area contributed by atoms with Gasteiger partial charge >= 0.3 is 12.0 Å². The number of hydrogen-bond acceptors (Lipinski definition) is 3. The van der Waals surface area contributed by atoms with Gasteiger partial charge in [0.25, 0.3) is 0 Å². The summed E-state index contributed by atoms with van der Waals surface area (Å²) in [7, 11) is 1.59. The lowest BCUT2D eigenvalue weighted by Crippen LogP contribution is -2.40. The Bertz CT molecular complexity index is 523. The Morgan fingerprint density at radius 3 is 2.82 bits per heavy atom. The molecule has 1 saturated carbocycles. The standard InChI is InChI=1S/C15H24N4O3/c1-11(14(20)21)10-18(2)15(22)16-9-12-7-8-19(17-12)13-5-3-4-6-13/h7-8,11,13H,3-6,9-10H2,1-2H3,(H,16,22)(H,20,21). The molecule has 2 amide bonds. The number of carbonyl (C=O) groups excluding carboxylic acids is 1. The molecule has 0 aliphatic heterocycles. The maximum atomic E-state index is 11.9. The summed E-state index contributed by atoms with van der Waals surface area (Å²) in [6, 6.07) is 2.12. The lowest BCUT2D eigenvalue weighted by atomic mass is 10.2. The molecule has 0 spiro atoms. The average Bonchev–Trinajstić information content (AvgIpc) is 3.15. The van der Waals surface area contributed by atoms with E-state index in [1.807, 2.05) is 16.9 Å². The van der Waals surface area contributed by atoms with E-state index in [4.69, 9.17) is 5.11 Å². The van der Waals surface area contributed by atoms with Crippen molar-refractivity contribution in [2.45, 2.75) is 45.2 Å². The Morgan fingerprint density at radius 1 is 1.50 bits per heavy atom. The number of nitrogens with one attached hydrogen (secondary N) is 1. The van der Waals surface area contributed by atoms with Crippen LogP contribution in [-0.2, 0) is 11.3 Å². The summed E-state index contributed by atoms with van der Waals surface area (Å²) in [6.45, 7) is 2.11. The van der Waals surface area contributed by atoms with Crippen LogP contribution in [0.1, 0.15) is 44.3 Å². The summed E-state index contributed by atoms with van der Waals surface area (Å²) in [4.78, 5) is 24.1. The zero-order chi connectivity index (χ0) is 16.1. The highest BCUT2D eigenvalue weighted by Gasteiger charge is 2.19. The topological polar surface area (TPSA) is 87.5 Å². The highest BCUT2D eigenvalue weighted by Crippen LogP contribution is 2.28. The third-order valence-electron chi connectivity index (χ3n) is 4.10. The van der Waals surface area contributed by atoms with Gasteiger partial charge in [0.1, 0.15) is 0 Å². The van der Waals surface area contributed by atoms with Crippen LogP contribution in [0.15, 0.2) is 12.3 Å². The first-order chi connectivity index (χ1) is 10.5. The molecule has 0 saturated heterocycles. The van der Waals surface area contributed by atoms with Gasteiger partial charge in [-0.05, 0) is 18.9 Å². The predicted octanol–water partition coefficient (Wildman–Crippen LogP) is 1.86. The van der Waals surface area contributed by atoms with Gasteiger partial charge in [-0.2, -0.15) is 5.10 Å². The largest absolute Gasteiger partial charge is 0.481 e. The van der Waals surface area contributed by atoms with Gasteiger partial charge < -0.3 is 15.3 Å². The summed E-state index contributed by atoms with van der Waals surface area (Å²) in [6.07, 6.45) is 6.81. The maximum Gasteiger partial charge on any atom is 0.317 e. The summed E-state index contributed by atoms with van der Waals surface area (Å²) >= 11 is 0. The predicted molar refractivity (Wildman–Crippen MR) is 81.4 cm³/mol. The zero-order valence-electron chi connectivity index (χ0n) is 13.2. The van der Waals surface area contributed by atoms with Crippen LogP contribution in [0.25, 0.3) is 0 Å². The van der Waals surface area contributed by atoms with E-state index in [-0.39, 0.29) is 12.6 Å². The number of nitrogens with zero attached hydrogens (tertiary/aromatic N) is 3. The fourth-order valence-electron chi connectivity index (χ4n) is 2.72. The van der Waals surface area contributed by atoms with Crippen LogP contribution in [0.3, 0.4) is 0 Å². The first kappa shape index (κ1) is 16.3. The van der Waals surface area contributed by atoms with Crippen LogP contribution >= 0.6 is 0 Å². The first-order valence-electron chi connectivity index (χ1n) is 7.73. The van der Waals surface area contributed by atoms with Crippen molar-refractivity contribution in [1.29, 1.82) is 0 Å². The van der Waals surface area contributed by atoms with Crippen LogP contribution in [0, 0.1) is 5.92 Å². The third kappa shape index (κ3) is 4.22. The fourth-order valence-corrected chi connectivity index (χ4v) is 2.72. The molecule has 1 atom stereocenters. The van der Waals surface area contributed by atoms with Gasteiger partial charge in [0.15, 0.2) is 0 Å². The zero-order valence-corrected chi connectivity index (χ0v) is 13.2. The molecule has 7 nitrogen and oxygen atoms in total. The Labute approximate surface area is 130 Å². The SMILES string of the molecule is CC(CN(C)C(=O)NCc1ccn(C2CCCC2)n1)C(=O)O. The van der Waals surface area contributed by atoms with E-state index >= 15 is 0 Å². The number of hydrogen-bond donors (Lipinski definition) is 2. The van der Waals surface area contributed by atoms with Crippen molar-refractivity contribution >= 4 is 12.0 Å². The molecule has 2 rings (SSSR count). The molecule has 2 N–H and O–H groups in total. The number of carboxylic acid groups (broad SMARTS) is 1. The van der Waals surface area contributed by atoms with Gasteiger partial charge in [0.2, 0.25) is 0 Å². The minimum Gasteiger partial charge on any atom is -0.481 e. The molecule has 1 aromatic rings. The van der Waals surface area contributed by atoms with E-state index in [9.17, 15) is 9.59 Å². The first-order valence-corrected chi connectivity index (χ1v) is 7.73. The minimum absolute atomic E-state index is 0.178. The summed E-state index contributed by atoms with van der Waals surface area (Å²) in [5, 5.41) is 16.1. The van der Waals surface area contributed by atoms with Crippen molar-refractivity contribution in [2.75, 3.05) is 13.6 Å². The van der Waals surface area contributed by atoms with Crippen molar-refractivity contribution in [3.63, 3.8) is 0 Å². The van der Waals surface area contributed by atoms with Gasteiger partial charge in [-0.3, -0.25) is 9.48 Å². The number of rotatable bonds is 6. The third-order valence-corrected chi connectivity index (χ3v) is 4.10. The van der Waals surface area contributed by atoms with Crippen molar-refractivity contribution in [3.8, 4) is 0 Å². The van der Waals surface area contributed by atoms with E-state index in [1.54, 1.807) is 14.0 Å². The second kappa shape index (κ2) is 7.29. The molecule has 1 aliphatic rings. The Kier molecular flexibility index (Phi) is 5.41. The van der Waals surface area contributed by atoms with Crippen molar-refractivity contribution in [2.24, 2.45) is 5.92 Å². The molecule has 122 valence electrons. The van der Waals surface area contributed by atoms with Gasteiger partial charge in [-0.15, -0.1) is 0 Å². The highest BCUT2D eigenvalue weighted by molar-refractivity contribution is 5.75. The molecule has 0 bridgehead atoms. The molecule has 0 radical (unpaired) electrons. The Morgan fingerprint density at radius 2 is 2.18 bits per heavy atom. The van der Waals surface area contributed by atoms with Gasteiger partial charge in [-0.1, -0.05) is 19.8 Å². The molecule has 1 heterocycles. The van der Waals surface area contributed by atoms with E-state index in [1.165, 1.54) is 30.6 Å². The number of amides is 2. The van der Waals surface area contributed by atoms with Gasteiger partial charge in [0, 0.05) is 19.8 Å². The van der Waals surface area contributed by atoms with Crippen molar-refractivity contribution < 1.29 is 14.7 Å². The second-order valence-electron chi connectivity index (χ2n) is 6.00. The van der Waals surface area contributed by atoms with Crippen molar-refractivity contribution in [1.82, 2.24) is 20.0 Å². The molecule has 1 fully saturated rings. The molecule has 7 heteroatoms. The molecular weight excluding hydrogens is 284 g/mol. The molecule has 0 aromatic carbocycles. The minimum atomic E-state index is -0.907. The summed E-state index contributed by atoms with van der Waals surface area (Å²) in [5.41, 5.74) is 0.819. The van der Waals surface area contributed by atoms with Gasteiger partial charge in [0.05, 0.1) is 24.2 Å². The average molecular weight is 308 g/mol. The van der Waals surface area contributed by atoms with E-state index < -0.39 is 11.9 Å². The number of carbonyl (C=O) groups is 2.